The zero-order chi connectivity index (χ0) is 6.28. The number of carbonyl (C=O) groups is 1. The third-order valence-electron chi connectivity index (χ3n) is 0.0873. The van der Waals surface area contributed by atoms with Crippen molar-refractivity contribution in [3.8, 4) is 0 Å². The van der Waals surface area contributed by atoms with Crippen LogP contribution in [0.4, 0.5) is 0 Å². The Morgan fingerprint density at radius 3 is 1.71 bits per heavy atom. The van der Waals surface area contributed by atoms with E-state index in [2.05, 4.69) is 0 Å². The van der Waals surface area contributed by atoms with E-state index in [0.29, 0.717) is 6.29 Å². The molecule has 0 saturated heterocycles. The van der Waals surface area contributed by atoms with Gasteiger partial charge in [0.25, 0.3) is 0 Å². The van der Waals surface area contributed by atoms with Crippen molar-refractivity contribution in [2.24, 2.45) is 0 Å². The molecule has 39 valence electrons. The van der Waals surface area contributed by atoms with Crippen LogP contribution in [0.25, 0.3) is 0 Å². The molecule has 0 aliphatic rings. The second-order valence-corrected chi connectivity index (χ2v) is 0.407. The molecule has 0 aliphatic heterocycles. The Morgan fingerprint density at radius 1 is 1.57 bits per heavy atom. The van der Waals surface area contributed by atoms with Gasteiger partial charge in [-0.3, -0.25) is 4.79 Å². The van der Waals surface area contributed by atoms with Crippen molar-refractivity contribution in [1.82, 2.24) is 0 Å². The minimum atomic E-state index is -1.55. The van der Waals surface area contributed by atoms with Crippen molar-refractivity contribution in [2.75, 3.05) is 0 Å². The molecule has 0 saturated carbocycles. The van der Waals surface area contributed by atoms with Crippen LogP contribution in [-0.4, -0.2) is 17.4 Å². The van der Waals surface area contributed by atoms with E-state index in [9.17, 15) is 0 Å². The Kier molecular flexibility index (Phi) is 12.7. The van der Waals surface area contributed by atoms with Gasteiger partial charge >= 0.3 is 21.0 Å². The summed E-state index contributed by atoms with van der Waals surface area (Å²) < 4.78 is 8.19. The standard InChI is InChI=1S/C2HO3.O.V/c3-1-2(4)5;;/h(H,4,5);;/q-1;;. The first-order valence-corrected chi connectivity index (χ1v) is 1.63. The fourth-order valence-corrected chi connectivity index (χ4v) is 0. The second kappa shape index (κ2) is 9.10. The number of carboxylic acids is 1. The Labute approximate surface area is 48.7 Å². The molecule has 0 aromatic rings. The predicted molar refractivity (Wildman–Crippen MR) is 14.0 cm³/mol. The van der Waals surface area contributed by atoms with Gasteiger partial charge < -0.3 is 9.90 Å². The van der Waals surface area contributed by atoms with Crippen LogP contribution >= 0.6 is 0 Å². The summed E-state index contributed by atoms with van der Waals surface area (Å²) in [5.41, 5.74) is 0. The van der Waals surface area contributed by atoms with E-state index in [1.807, 2.05) is 0 Å². The normalized spacial score (nSPS) is 5.00. The van der Waals surface area contributed by atoms with E-state index >= 15 is 0 Å². The Balaban J connectivity index is 0. The molecule has 0 fully saturated rings. The average molecular weight is 140 g/mol. The molecular formula is C2HO4V-. The Hall–Kier alpha value is -0.476. The summed E-state index contributed by atoms with van der Waals surface area (Å²) in [6.45, 7) is 0. The first-order chi connectivity index (χ1) is 3.27. The third-order valence-corrected chi connectivity index (χ3v) is 0.0873. The molecule has 0 aliphatic carbocycles. The van der Waals surface area contributed by atoms with Gasteiger partial charge in [0, 0.05) is 0 Å². The summed E-state index contributed by atoms with van der Waals surface area (Å²) >= 11 is 1.06. The molecule has 5 heteroatoms. The molecule has 0 bridgehead atoms. The van der Waals surface area contributed by atoms with Crippen molar-refractivity contribution in [1.29, 1.82) is 0 Å². The second-order valence-electron chi connectivity index (χ2n) is 0.407. The van der Waals surface area contributed by atoms with E-state index < -0.39 is 5.97 Å². The Morgan fingerprint density at radius 2 is 1.71 bits per heavy atom. The molecule has 0 amide bonds. The van der Waals surface area contributed by atoms with E-state index in [1.54, 1.807) is 0 Å². The monoisotopic (exact) mass is 140 g/mol. The van der Waals surface area contributed by atoms with Crippen LogP contribution in [0.3, 0.4) is 0 Å². The van der Waals surface area contributed by atoms with Crippen LogP contribution in [-0.2, 0) is 30.6 Å². The van der Waals surface area contributed by atoms with Gasteiger partial charge in [-0.15, -0.1) is 0 Å². The minimum absolute atomic E-state index is 0.694. The van der Waals surface area contributed by atoms with Crippen molar-refractivity contribution in [3.05, 3.63) is 0 Å². The molecule has 0 aromatic heterocycles. The SMILES string of the molecule is O=[C-]C(=O)O.[O]=[V]. The zero-order valence-electron chi connectivity index (χ0n) is 3.12. The number of carboxylic acid groups (broad SMARTS) is 1. The quantitative estimate of drug-likeness (QED) is 0.376. The van der Waals surface area contributed by atoms with Crippen LogP contribution in [0, 0.1) is 0 Å². The van der Waals surface area contributed by atoms with E-state index in [4.69, 9.17) is 18.4 Å². The van der Waals surface area contributed by atoms with Gasteiger partial charge in [-0.25, -0.2) is 0 Å². The van der Waals surface area contributed by atoms with Crippen LogP contribution in [0.5, 0.6) is 0 Å². The van der Waals surface area contributed by atoms with Gasteiger partial charge in [0.15, 0.2) is 5.97 Å². The van der Waals surface area contributed by atoms with Gasteiger partial charge in [0.2, 0.25) is 0 Å². The summed E-state index contributed by atoms with van der Waals surface area (Å²) in [4.78, 5) is 17.7. The molecule has 0 rings (SSSR count). The fraction of sp³-hybridized carbons (Fsp3) is 0. The van der Waals surface area contributed by atoms with Gasteiger partial charge in [0.1, 0.15) is 0 Å². The van der Waals surface area contributed by atoms with Gasteiger partial charge in [0.05, 0.1) is 0 Å². The summed E-state index contributed by atoms with van der Waals surface area (Å²) in [6, 6.07) is 0. The van der Waals surface area contributed by atoms with Gasteiger partial charge in [-0.05, 0) is 0 Å². The average Bonchev–Trinajstić information content (AvgIpc) is 1.73. The van der Waals surface area contributed by atoms with Crippen LogP contribution in [0.15, 0.2) is 0 Å². The predicted octanol–water partition coefficient (Wildman–Crippen LogP) is -0.941. The molecular weight excluding hydrogens is 139 g/mol. The maximum atomic E-state index is 8.94. The molecule has 0 aromatic carbocycles. The van der Waals surface area contributed by atoms with E-state index in [-0.39, 0.29) is 0 Å². The summed E-state index contributed by atoms with van der Waals surface area (Å²) in [7, 11) is 0. The number of carbonyl (C=O) groups excluding carboxylic acids is 1. The third kappa shape index (κ3) is 29.5. The summed E-state index contributed by atoms with van der Waals surface area (Å²) in [5.74, 6) is -1.55. The van der Waals surface area contributed by atoms with Crippen molar-refractivity contribution in [2.45, 2.75) is 0 Å². The fourth-order valence-electron chi connectivity index (χ4n) is 0. The topological polar surface area (TPSA) is 71.4 Å². The molecule has 0 spiro atoms. The number of rotatable bonds is 1. The van der Waals surface area contributed by atoms with Gasteiger partial charge in [-0.1, -0.05) is 0 Å². The zero-order valence-corrected chi connectivity index (χ0v) is 4.52. The van der Waals surface area contributed by atoms with Crippen molar-refractivity contribution < 1.29 is 35.7 Å². The maximum absolute atomic E-state index is 8.94. The first kappa shape index (κ1) is 9.73. The van der Waals surface area contributed by atoms with Crippen molar-refractivity contribution in [3.63, 3.8) is 0 Å². The molecule has 1 N–H and O–H groups in total. The van der Waals surface area contributed by atoms with E-state index in [1.165, 1.54) is 0 Å². The van der Waals surface area contributed by atoms with E-state index in [0.717, 1.165) is 17.4 Å². The summed E-state index contributed by atoms with van der Waals surface area (Å²) in [5, 5.41) is 7.30. The number of hydrogen-bond donors (Lipinski definition) is 1. The molecule has 0 atom stereocenters. The van der Waals surface area contributed by atoms with Crippen molar-refractivity contribution >= 4 is 12.3 Å². The van der Waals surface area contributed by atoms with Crippen LogP contribution < -0.4 is 0 Å². The van der Waals surface area contributed by atoms with Gasteiger partial charge in [-0.2, -0.15) is 6.29 Å². The molecule has 7 heavy (non-hydrogen) atoms. The first-order valence-electron chi connectivity index (χ1n) is 1.06. The molecule has 4 nitrogen and oxygen atoms in total. The Bertz CT molecular complexity index is 70.1. The molecule has 0 heterocycles. The number of hydrogen-bond acceptors (Lipinski definition) is 3. The number of aliphatic carboxylic acids is 1. The summed E-state index contributed by atoms with van der Waals surface area (Å²) in [6.07, 6.45) is 0.694. The molecule has 0 unspecified atom stereocenters. The molecule has 0 radical (unpaired) electrons. The van der Waals surface area contributed by atoms with Crippen LogP contribution in [0.1, 0.15) is 0 Å². The van der Waals surface area contributed by atoms with Crippen LogP contribution in [0.2, 0.25) is 0 Å².